The molecule has 1 saturated carbocycles. The Morgan fingerprint density at radius 3 is 2.60 bits per heavy atom. The van der Waals surface area contributed by atoms with Gasteiger partial charge >= 0.3 is 5.97 Å². The van der Waals surface area contributed by atoms with E-state index in [1.165, 1.54) is 58.5 Å². The molecular formula is C17H27NO2. The van der Waals surface area contributed by atoms with E-state index >= 15 is 0 Å². The van der Waals surface area contributed by atoms with Gasteiger partial charge in [-0.15, -0.1) is 0 Å². The van der Waals surface area contributed by atoms with Crippen LogP contribution < -0.4 is 0 Å². The van der Waals surface area contributed by atoms with Crippen LogP contribution in [0.1, 0.15) is 57.8 Å². The molecule has 3 nitrogen and oxygen atoms in total. The highest BCUT2D eigenvalue weighted by Gasteiger charge is 2.54. The molecule has 1 heterocycles. The SMILES string of the molecule is COC(=O)C1=CC2CCCCCCC12N1CCCCC1. The lowest BCUT2D eigenvalue weighted by molar-refractivity contribution is -0.140. The molecule has 1 saturated heterocycles. The molecule has 112 valence electrons. The molecule has 0 aromatic rings. The molecule has 1 aliphatic heterocycles. The van der Waals surface area contributed by atoms with Crippen LogP contribution in [0.4, 0.5) is 0 Å². The standard InChI is InChI=1S/C17H27NO2/c1-20-16(19)15-13-14-9-5-2-3-6-10-17(14,15)18-11-7-4-8-12-18/h13-14H,2-12H2,1H3. The molecule has 0 N–H and O–H groups in total. The predicted octanol–water partition coefficient (Wildman–Crippen LogP) is 3.29. The number of fused-ring (bicyclic) bond motifs is 1. The quantitative estimate of drug-likeness (QED) is 0.725. The van der Waals surface area contributed by atoms with Crippen molar-refractivity contribution in [3.63, 3.8) is 0 Å². The van der Waals surface area contributed by atoms with E-state index in [9.17, 15) is 4.79 Å². The van der Waals surface area contributed by atoms with Gasteiger partial charge in [0.1, 0.15) is 0 Å². The van der Waals surface area contributed by atoms with Crippen molar-refractivity contribution in [3.05, 3.63) is 11.6 Å². The number of rotatable bonds is 2. The van der Waals surface area contributed by atoms with Gasteiger partial charge in [-0.05, 0) is 38.8 Å². The van der Waals surface area contributed by atoms with Gasteiger partial charge in [0.25, 0.3) is 0 Å². The second kappa shape index (κ2) is 5.88. The number of likely N-dealkylation sites (tertiary alicyclic amines) is 1. The van der Waals surface area contributed by atoms with E-state index in [1.54, 1.807) is 0 Å². The highest BCUT2D eigenvalue weighted by atomic mass is 16.5. The molecule has 0 radical (unpaired) electrons. The Morgan fingerprint density at radius 2 is 1.85 bits per heavy atom. The van der Waals surface area contributed by atoms with Crippen molar-refractivity contribution < 1.29 is 9.53 Å². The lowest BCUT2D eigenvalue weighted by atomic mass is 9.60. The first-order chi connectivity index (χ1) is 9.79. The van der Waals surface area contributed by atoms with Crippen LogP contribution in [0.2, 0.25) is 0 Å². The number of ether oxygens (including phenoxy) is 1. The van der Waals surface area contributed by atoms with Gasteiger partial charge < -0.3 is 4.74 Å². The molecule has 3 heteroatoms. The Labute approximate surface area is 122 Å². The zero-order chi connectivity index (χ0) is 14.0. The normalized spacial score (nSPS) is 35.0. The lowest BCUT2D eigenvalue weighted by Crippen LogP contribution is -2.62. The Balaban J connectivity index is 1.90. The topological polar surface area (TPSA) is 29.5 Å². The number of piperidine rings is 1. The highest BCUT2D eigenvalue weighted by Crippen LogP contribution is 2.51. The molecule has 0 bridgehead atoms. The first-order valence-electron chi connectivity index (χ1n) is 8.35. The van der Waals surface area contributed by atoms with E-state index in [-0.39, 0.29) is 11.5 Å². The summed E-state index contributed by atoms with van der Waals surface area (Å²) in [6, 6.07) is 0. The summed E-state index contributed by atoms with van der Waals surface area (Å²) in [5, 5.41) is 0. The summed E-state index contributed by atoms with van der Waals surface area (Å²) in [5.74, 6) is 0.488. The van der Waals surface area contributed by atoms with Gasteiger partial charge in [-0.3, -0.25) is 4.90 Å². The number of hydrogen-bond acceptors (Lipinski definition) is 3. The Kier molecular flexibility index (Phi) is 4.16. The monoisotopic (exact) mass is 277 g/mol. The zero-order valence-electron chi connectivity index (χ0n) is 12.7. The minimum absolute atomic E-state index is 0.0218. The summed E-state index contributed by atoms with van der Waals surface area (Å²) < 4.78 is 5.06. The van der Waals surface area contributed by atoms with Crippen molar-refractivity contribution in [1.82, 2.24) is 4.90 Å². The lowest BCUT2D eigenvalue weighted by Gasteiger charge is -2.56. The molecule has 0 spiro atoms. The summed E-state index contributed by atoms with van der Waals surface area (Å²) in [6.07, 6.45) is 13.7. The smallest absolute Gasteiger partial charge is 0.335 e. The molecule has 2 aliphatic carbocycles. The molecule has 2 unspecified atom stereocenters. The number of esters is 1. The minimum atomic E-state index is -0.0904. The predicted molar refractivity (Wildman–Crippen MR) is 79.4 cm³/mol. The fraction of sp³-hybridized carbons (Fsp3) is 0.824. The Hall–Kier alpha value is -0.830. The van der Waals surface area contributed by atoms with Crippen molar-refractivity contribution >= 4 is 5.97 Å². The van der Waals surface area contributed by atoms with E-state index in [4.69, 9.17) is 4.74 Å². The molecule has 0 aromatic heterocycles. The van der Waals surface area contributed by atoms with Crippen LogP contribution in [0.15, 0.2) is 11.6 Å². The summed E-state index contributed by atoms with van der Waals surface area (Å²) in [6.45, 7) is 2.32. The van der Waals surface area contributed by atoms with Crippen molar-refractivity contribution in [1.29, 1.82) is 0 Å². The second-order valence-corrected chi connectivity index (χ2v) is 6.60. The molecule has 20 heavy (non-hydrogen) atoms. The van der Waals surface area contributed by atoms with Crippen molar-refractivity contribution in [2.75, 3.05) is 20.2 Å². The van der Waals surface area contributed by atoms with Crippen LogP contribution in [-0.4, -0.2) is 36.6 Å². The van der Waals surface area contributed by atoms with Crippen LogP contribution in [0.3, 0.4) is 0 Å². The first kappa shape index (κ1) is 14.1. The average molecular weight is 277 g/mol. The number of methoxy groups -OCH3 is 1. The van der Waals surface area contributed by atoms with Gasteiger partial charge in [0.15, 0.2) is 0 Å². The minimum Gasteiger partial charge on any atom is -0.466 e. The van der Waals surface area contributed by atoms with Gasteiger partial charge in [0, 0.05) is 5.92 Å². The van der Waals surface area contributed by atoms with Crippen molar-refractivity contribution in [2.24, 2.45) is 5.92 Å². The summed E-state index contributed by atoms with van der Waals surface area (Å²) in [4.78, 5) is 14.8. The van der Waals surface area contributed by atoms with Gasteiger partial charge in [0.05, 0.1) is 18.2 Å². The Bertz CT molecular complexity index is 398. The first-order valence-corrected chi connectivity index (χ1v) is 8.35. The van der Waals surface area contributed by atoms with Gasteiger partial charge in [-0.25, -0.2) is 4.79 Å². The van der Waals surface area contributed by atoms with E-state index in [2.05, 4.69) is 11.0 Å². The molecule has 2 atom stereocenters. The second-order valence-electron chi connectivity index (χ2n) is 6.60. The van der Waals surface area contributed by atoms with Gasteiger partial charge in [0.2, 0.25) is 0 Å². The summed E-state index contributed by atoms with van der Waals surface area (Å²) in [5.41, 5.74) is 0.988. The molecule has 0 aromatic carbocycles. The summed E-state index contributed by atoms with van der Waals surface area (Å²) >= 11 is 0. The van der Waals surface area contributed by atoms with Crippen LogP contribution in [0, 0.1) is 5.92 Å². The number of carbonyl (C=O) groups excluding carboxylic acids is 1. The maximum absolute atomic E-state index is 12.2. The zero-order valence-corrected chi connectivity index (χ0v) is 12.7. The number of carbonyl (C=O) groups is 1. The maximum Gasteiger partial charge on any atom is 0.335 e. The van der Waals surface area contributed by atoms with Crippen LogP contribution in [0.5, 0.6) is 0 Å². The fourth-order valence-electron chi connectivity index (χ4n) is 4.55. The van der Waals surface area contributed by atoms with Crippen molar-refractivity contribution in [3.8, 4) is 0 Å². The average Bonchev–Trinajstić information content (AvgIpc) is 2.47. The van der Waals surface area contributed by atoms with Gasteiger partial charge in [-0.1, -0.05) is 38.2 Å². The van der Waals surface area contributed by atoms with Crippen LogP contribution >= 0.6 is 0 Å². The third-order valence-corrected chi connectivity index (χ3v) is 5.60. The molecule has 3 rings (SSSR count). The molecular weight excluding hydrogens is 250 g/mol. The van der Waals surface area contributed by atoms with E-state index in [1.807, 2.05) is 0 Å². The molecule has 0 amide bonds. The third-order valence-electron chi connectivity index (χ3n) is 5.60. The largest absolute Gasteiger partial charge is 0.466 e. The maximum atomic E-state index is 12.2. The highest BCUT2D eigenvalue weighted by molar-refractivity contribution is 5.93. The number of hydrogen-bond donors (Lipinski definition) is 0. The van der Waals surface area contributed by atoms with Gasteiger partial charge in [-0.2, -0.15) is 0 Å². The molecule has 3 aliphatic rings. The fourth-order valence-corrected chi connectivity index (χ4v) is 4.55. The van der Waals surface area contributed by atoms with Crippen LogP contribution in [-0.2, 0) is 9.53 Å². The van der Waals surface area contributed by atoms with E-state index in [0.717, 1.165) is 25.1 Å². The van der Waals surface area contributed by atoms with Crippen LogP contribution in [0.25, 0.3) is 0 Å². The Morgan fingerprint density at radius 1 is 1.15 bits per heavy atom. The van der Waals surface area contributed by atoms with Crippen molar-refractivity contribution in [2.45, 2.75) is 63.3 Å². The number of nitrogens with zero attached hydrogens (tertiary/aromatic N) is 1. The van der Waals surface area contributed by atoms with E-state index < -0.39 is 0 Å². The third kappa shape index (κ3) is 2.20. The van der Waals surface area contributed by atoms with E-state index in [0.29, 0.717) is 5.92 Å². The summed E-state index contributed by atoms with van der Waals surface area (Å²) in [7, 11) is 1.52. The molecule has 2 fully saturated rings.